The minimum absolute atomic E-state index is 0.581. The van der Waals surface area contributed by atoms with Gasteiger partial charge in [-0.15, -0.1) is 0 Å². The highest BCUT2D eigenvalue weighted by Crippen LogP contribution is 2.42. The number of aromatic nitrogens is 3. The molecule has 0 amide bonds. The van der Waals surface area contributed by atoms with Gasteiger partial charge in [-0.2, -0.15) is 0 Å². The zero-order valence-electron chi connectivity index (χ0n) is 34.1. The zero-order chi connectivity index (χ0) is 41.7. The van der Waals surface area contributed by atoms with Crippen molar-refractivity contribution in [2.24, 2.45) is 0 Å². The van der Waals surface area contributed by atoms with Crippen molar-refractivity contribution in [3.63, 3.8) is 0 Å². The molecular weight excluding hydrogens is 767 g/mol. The third-order valence-electron chi connectivity index (χ3n) is 12.2. The van der Waals surface area contributed by atoms with Crippen LogP contribution >= 0.6 is 0 Å². The summed E-state index contributed by atoms with van der Waals surface area (Å²) in [5.41, 5.74) is 13.5. The molecule has 0 saturated heterocycles. The highest BCUT2D eigenvalue weighted by atomic mass is 16.3. The second kappa shape index (κ2) is 15.2. The number of furan rings is 1. The molecule has 0 aliphatic carbocycles. The molecule has 2 heterocycles. The predicted octanol–water partition coefficient (Wildman–Crippen LogP) is 15.7. The Morgan fingerprint density at radius 2 is 0.746 bits per heavy atom. The summed E-state index contributed by atoms with van der Waals surface area (Å²) in [7, 11) is 0. The molecule has 63 heavy (non-hydrogen) atoms. The average molecular weight is 804 g/mol. The molecule has 0 N–H and O–H groups in total. The molecule has 0 aliphatic heterocycles. The van der Waals surface area contributed by atoms with Crippen molar-refractivity contribution in [2.45, 2.75) is 0 Å². The zero-order valence-corrected chi connectivity index (χ0v) is 34.1. The SMILES string of the molecule is c1ccc(-c2ccc(-c3cccc4c3oc3cccc(-c5nc(-c6ccc(-c7cccc(-c8ccccc8)c7)cc6)nc(-c6cc7ccccc7c7ccccc67)n5)c34)cc2)cc1. The van der Waals surface area contributed by atoms with E-state index in [1.807, 2.05) is 24.3 Å². The lowest BCUT2D eigenvalue weighted by Crippen LogP contribution is -2.01. The van der Waals surface area contributed by atoms with Gasteiger partial charge in [-0.05, 0) is 78.7 Å². The molecular formula is C59H37N3O. The fourth-order valence-corrected chi connectivity index (χ4v) is 9.04. The Morgan fingerprint density at radius 1 is 0.270 bits per heavy atom. The number of benzene rings is 10. The van der Waals surface area contributed by atoms with Crippen LogP contribution in [-0.4, -0.2) is 15.0 Å². The van der Waals surface area contributed by atoms with Crippen LogP contribution in [0.3, 0.4) is 0 Å². The van der Waals surface area contributed by atoms with E-state index in [1.165, 1.54) is 27.6 Å². The van der Waals surface area contributed by atoms with E-state index in [0.717, 1.165) is 77.0 Å². The molecule has 12 rings (SSSR count). The third kappa shape index (κ3) is 6.53. The summed E-state index contributed by atoms with van der Waals surface area (Å²) < 4.78 is 6.77. The Bertz CT molecular complexity index is 3650. The van der Waals surface area contributed by atoms with Gasteiger partial charge in [0.1, 0.15) is 11.2 Å². The molecule has 0 bridgehead atoms. The highest BCUT2D eigenvalue weighted by Gasteiger charge is 2.21. The molecule has 294 valence electrons. The standard InChI is InChI=1S/C59H37N3O/c1-3-14-38(15-4-1)40-28-32-42(33-29-40)48-24-12-25-51-55-52(26-13-27-54(55)63-56(48)51)58-60-57(43-34-30-41(31-35-43)45-20-11-19-44(36-45)39-16-5-2-6-17-39)61-59(62-58)53-37-46-18-7-8-21-47(46)49-22-9-10-23-50(49)53/h1-37H. The minimum atomic E-state index is 0.581. The Labute approximate surface area is 364 Å². The summed E-state index contributed by atoms with van der Waals surface area (Å²) in [6.07, 6.45) is 0. The van der Waals surface area contributed by atoms with Crippen molar-refractivity contribution >= 4 is 43.5 Å². The van der Waals surface area contributed by atoms with Gasteiger partial charge in [0.05, 0.1) is 0 Å². The first kappa shape index (κ1) is 36.4. The molecule has 0 atom stereocenters. The minimum Gasteiger partial charge on any atom is -0.455 e. The van der Waals surface area contributed by atoms with Gasteiger partial charge in [-0.25, -0.2) is 15.0 Å². The van der Waals surface area contributed by atoms with Gasteiger partial charge < -0.3 is 4.42 Å². The van der Waals surface area contributed by atoms with E-state index in [9.17, 15) is 0 Å². The molecule has 0 radical (unpaired) electrons. The van der Waals surface area contributed by atoms with E-state index in [1.54, 1.807) is 0 Å². The molecule has 4 nitrogen and oxygen atoms in total. The van der Waals surface area contributed by atoms with E-state index in [0.29, 0.717) is 17.5 Å². The van der Waals surface area contributed by atoms with E-state index in [4.69, 9.17) is 19.4 Å². The summed E-state index contributed by atoms with van der Waals surface area (Å²) in [5, 5.41) is 6.54. The van der Waals surface area contributed by atoms with Gasteiger partial charge in [-0.3, -0.25) is 0 Å². The van der Waals surface area contributed by atoms with E-state index in [-0.39, 0.29) is 0 Å². The second-order valence-electron chi connectivity index (χ2n) is 15.9. The molecule has 10 aromatic carbocycles. The molecule has 0 spiro atoms. The quantitative estimate of drug-likeness (QED) is 0.151. The van der Waals surface area contributed by atoms with Crippen molar-refractivity contribution in [1.29, 1.82) is 0 Å². The van der Waals surface area contributed by atoms with Crippen LogP contribution in [0.2, 0.25) is 0 Å². The molecule has 0 unspecified atom stereocenters. The van der Waals surface area contributed by atoms with Gasteiger partial charge in [0.2, 0.25) is 0 Å². The predicted molar refractivity (Wildman–Crippen MR) is 260 cm³/mol. The number of nitrogens with zero attached hydrogens (tertiary/aromatic N) is 3. The van der Waals surface area contributed by atoms with Gasteiger partial charge >= 0.3 is 0 Å². The lowest BCUT2D eigenvalue weighted by Gasteiger charge is -2.13. The summed E-state index contributed by atoms with van der Waals surface area (Å²) >= 11 is 0. The van der Waals surface area contributed by atoms with Crippen LogP contribution in [0.25, 0.3) is 122 Å². The Balaban J connectivity index is 1.02. The fourth-order valence-electron chi connectivity index (χ4n) is 9.04. The molecule has 2 aromatic heterocycles. The summed E-state index contributed by atoms with van der Waals surface area (Å²) in [6, 6.07) is 78.7. The lowest BCUT2D eigenvalue weighted by molar-refractivity contribution is 0.670. The molecule has 4 heteroatoms. The number of hydrogen-bond donors (Lipinski definition) is 0. The third-order valence-corrected chi connectivity index (χ3v) is 12.2. The topological polar surface area (TPSA) is 51.8 Å². The molecule has 0 aliphatic rings. The summed E-state index contributed by atoms with van der Waals surface area (Å²) in [6.45, 7) is 0. The van der Waals surface area contributed by atoms with Crippen molar-refractivity contribution in [3.05, 3.63) is 224 Å². The van der Waals surface area contributed by atoms with Gasteiger partial charge in [0.15, 0.2) is 17.5 Å². The maximum Gasteiger partial charge on any atom is 0.164 e. The van der Waals surface area contributed by atoms with Crippen molar-refractivity contribution in [2.75, 3.05) is 0 Å². The van der Waals surface area contributed by atoms with Crippen LogP contribution in [0, 0.1) is 0 Å². The van der Waals surface area contributed by atoms with Gasteiger partial charge in [0, 0.05) is 33.0 Å². The normalized spacial score (nSPS) is 11.5. The fraction of sp³-hybridized carbons (Fsp3) is 0. The molecule has 12 aromatic rings. The van der Waals surface area contributed by atoms with Crippen LogP contribution < -0.4 is 0 Å². The van der Waals surface area contributed by atoms with Crippen molar-refractivity contribution < 1.29 is 4.42 Å². The largest absolute Gasteiger partial charge is 0.455 e. The first-order chi connectivity index (χ1) is 31.2. The summed E-state index contributed by atoms with van der Waals surface area (Å²) in [4.78, 5) is 15.9. The van der Waals surface area contributed by atoms with Crippen molar-refractivity contribution in [1.82, 2.24) is 15.0 Å². The van der Waals surface area contributed by atoms with Gasteiger partial charge in [-0.1, -0.05) is 206 Å². The van der Waals surface area contributed by atoms with Crippen LogP contribution in [0.15, 0.2) is 229 Å². The average Bonchev–Trinajstić information content (AvgIpc) is 3.76. The molecule has 0 saturated carbocycles. The Morgan fingerprint density at radius 3 is 1.48 bits per heavy atom. The smallest absolute Gasteiger partial charge is 0.164 e. The monoisotopic (exact) mass is 803 g/mol. The Hall–Kier alpha value is -8.47. The first-order valence-electron chi connectivity index (χ1n) is 21.3. The maximum atomic E-state index is 6.77. The maximum absolute atomic E-state index is 6.77. The summed E-state index contributed by atoms with van der Waals surface area (Å²) in [5.74, 6) is 1.79. The lowest BCUT2D eigenvalue weighted by atomic mass is 9.96. The number of para-hydroxylation sites is 1. The first-order valence-corrected chi connectivity index (χ1v) is 21.3. The van der Waals surface area contributed by atoms with Crippen LogP contribution in [0.1, 0.15) is 0 Å². The number of rotatable bonds is 7. The van der Waals surface area contributed by atoms with Crippen LogP contribution in [-0.2, 0) is 0 Å². The van der Waals surface area contributed by atoms with Gasteiger partial charge in [0.25, 0.3) is 0 Å². The van der Waals surface area contributed by atoms with Crippen molar-refractivity contribution in [3.8, 4) is 78.7 Å². The number of hydrogen-bond acceptors (Lipinski definition) is 4. The van der Waals surface area contributed by atoms with Crippen LogP contribution in [0.4, 0.5) is 0 Å². The van der Waals surface area contributed by atoms with E-state index < -0.39 is 0 Å². The highest BCUT2D eigenvalue weighted by molar-refractivity contribution is 6.16. The van der Waals surface area contributed by atoms with E-state index in [2.05, 4.69) is 200 Å². The Kier molecular flexibility index (Phi) is 8.79. The molecule has 0 fully saturated rings. The van der Waals surface area contributed by atoms with Crippen LogP contribution in [0.5, 0.6) is 0 Å². The second-order valence-corrected chi connectivity index (χ2v) is 15.9. The number of fused-ring (bicyclic) bond motifs is 6. The van der Waals surface area contributed by atoms with E-state index >= 15 is 0 Å².